The van der Waals surface area contributed by atoms with E-state index < -0.39 is 35.3 Å². The summed E-state index contributed by atoms with van der Waals surface area (Å²) in [5, 5.41) is 0. The third-order valence-electron chi connectivity index (χ3n) is 5.15. The van der Waals surface area contributed by atoms with Crippen LogP contribution < -0.4 is 4.74 Å². The summed E-state index contributed by atoms with van der Waals surface area (Å²) in [7, 11) is 3.83. The summed E-state index contributed by atoms with van der Waals surface area (Å²) in [6.45, 7) is 0.122. The number of hydrogen-bond acceptors (Lipinski definition) is 5. The molecular weight excluding hydrogens is 403 g/mol. The molecule has 30 heavy (non-hydrogen) atoms. The molecule has 1 heterocycles. The highest BCUT2D eigenvalue weighted by molar-refractivity contribution is 6.12. The third kappa shape index (κ3) is 3.49. The lowest BCUT2D eigenvalue weighted by atomic mass is 9.77. The Morgan fingerprint density at radius 1 is 1.03 bits per heavy atom. The van der Waals surface area contributed by atoms with Crippen molar-refractivity contribution in [3.63, 3.8) is 0 Å². The van der Waals surface area contributed by atoms with Gasteiger partial charge in [-0.25, -0.2) is 4.79 Å². The van der Waals surface area contributed by atoms with Crippen LogP contribution in [0.3, 0.4) is 0 Å². The summed E-state index contributed by atoms with van der Waals surface area (Å²) in [5.41, 5.74) is -1.72. The zero-order valence-electron chi connectivity index (χ0n) is 16.5. The second-order valence-electron chi connectivity index (χ2n) is 6.73. The molecule has 9 heteroatoms. The Kier molecular flexibility index (Phi) is 5.76. The number of rotatable bonds is 6. The van der Waals surface area contributed by atoms with Gasteiger partial charge < -0.3 is 19.1 Å². The quantitative estimate of drug-likeness (QED) is 0.405. The van der Waals surface area contributed by atoms with Crippen LogP contribution in [-0.4, -0.2) is 43.7 Å². The van der Waals surface area contributed by atoms with Crippen molar-refractivity contribution in [2.75, 3.05) is 21.3 Å². The maximum absolute atomic E-state index is 12.9. The highest BCUT2D eigenvalue weighted by Gasteiger charge is 2.68. The Labute approximate surface area is 171 Å². The van der Waals surface area contributed by atoms with E-state index >= 15 is 0 Å². The Balaban J connectivity index is 1.99. The van der Waals surface area contributed by atoms with Crippen molar-refractivity contribution in [2.24, 2.45) is 0 Å². The fraction of sp³-hybridized carbons (Fsp3) is 0.333. The number of likely N-dealkylation sites (tertiary alicyclic amines) is 1. The van der Waals surface area contributed by atoms with Crippen molar-refractivity contribution in [2.45, 2.75) is 24.4 Å². The predicted molar refractivity (Wildman–Crippen MR) is 99.5 cm³/mol. The molecule has 0 radical (unpaired) electrons. The van der Waals surface area contributed by atoms with Crippen molar-refractivity contribution < 1.29 is 37.0 Å². The van der Waals surface area contributed by atoms with Crippen LogP contribution in [0.5, 0.6) is 5.75 Å². The van der Waals surface area contributed by atoms with Crippen molar-refractivity contribution in [1.82, 2.24) is 4.90 Å². The van der Waals surface area contributed by atoms with Crippen molar-refractivity contribution in [3.8, 4) is 5.75 Å². The van der Waals surface area contributed by atoms with Gasteiger partial charge in [0.05, 0.1) is 19.8 Å². The first kappa shape index (κ1) is 21.6. The van der Waals surface area contributed by atoms with E-state index in [1.54, 1.807) is 24.3 Å². The summed E-state index contributed by atoms with van der Waals surface area (Å²) in [4.78, 5) is 26.8. The molecule has 1 saturated heterocycles. The second-order valence-corrected chi connectivity index (χ2v) is 6.73. The Bertz CT molecular complexity index is 927. The van der Waals surface area contributed by atoms with Gasteiger partial charge in [0.1, 0.15) is 11.8 Å². The molecular formula is C21H20F3NO5. The largest absolute Gasteiger partial charge is 0.497 e. The number of carbonyl (C=O) groups excluding carboxylic acids is 2. The third-order valence-corrected chi connectivity index (χ3v) is 5.15. The van der Waals surface area contributed by atoms with Crippen LogP contribution in [0.1, 0.15) is 22.7 Å². The molecule has 2 aromatic carbocycles. The molecule has 0 spiro atoms. The van der Waals surface area contributed by atoms with E-state index in [2.05, 4.69) is 0 Å². The first-order valence-corrected chi connectivity index (χ1v) is 8.93. The zero-order valence-corrected chi connectivity index (χ0v) is 16.5. The summed E-state index contributed by atoms with van der Waals surface area (Å²) < 4.78 is 54.0. The standard InChI is InChI=1S/C21H20F3NO5/c1-28-16-10-4-13(5-11-16)12-25-17(20(30-3,18(25)26)19(27)29-2)14-6-8-15(9-7-14)21(22,23)24/h4-11,17H,12H2,1-3H3/t17-,20-/m0/s1. The first-order chi connectivity index (χ1) is 14.2. The molecule has 6 nitrogen and oxygen atoms in total. The van der Waals surface area contributed by atoms with E-state index in [4.69, 9.17) is 14.2 Å². The molecule has 2 atom stereocenters. The number of carbonyl (C=O) groups is 2. The molecule has 0 N–H and O–H groups in total. The highest BCUT2D eigenvalue weighted by atomic mass is 19.4. The Morgan fingerprint density at radius 3 is 2.10 bits per heavy atom. The number of ether oxygens (including phenoxy) is 3. The van der Waals surface area contributed by atoms with Crippen LogP contribution in [0.25, 0.3) is 0 Å². The molecule has 1 fully saturated rings. The predicted octanol–water partition coefficient (Wildman–Crippen LogP) is 3.36. The zero-order chi connectivity index (χ0) is 22.1. The minimum absolute atomic E-state index is 0.122. The van der Waals surface area contributed by atoms with Gasteiger partial charge in [0, 0.05) is 13.7 Å². The number of amides is 1. The molecule has 2 aromatic rings. The van der Waals surface area contributed by atoms with Gasteiger partial charge >= 0.3 is 12.1 Å². The number of β-lactam (4-membered cyclic amide) rings is 1. The first-order valence-electron chi connectivity index (χ1n) is 8.93. The molecule has 0 bridgehead atoms. The number of methoxy groups -OCH3 is 3. The molecule has 3 rings (SSSR count). The van der Waals surface area contributed by atoms with Crippen LogP contribution >= 0.6 is 0 Å². The van der Waals surface area contributed by atoms with E-state index in [0.29, 0.717) is 11.3 Å². The number of nitrogens with zero attached hydrogens (tertiary/aromatic N) is 1. The lowest BCUT2D eigenvalue weighted by Gasteiger charge is -2.53. The number of alkyl halides is 3. The van der Waals surface area contributed by atoms with Crippen LogP contribution in [0.2, 0.25) is 0 Å². The van der Waals surface area contributed by atoms with Gasteiger partial charge in [0.15, 0.2) is 0 Å². The summed E-state index contributed by atoms with van der Waals surface area (Å²) >= 11 is 0. The smallest absolute Gasteiger partial charge is 0.416 e. The minimum Gasteiger partial charge on any atom is -0.497 e. The van der Waals surface area contributed by atoms with Crippen LogP contribution in [0, 0.1) is 0 Å². The maximum atomic E-state index is 12.9. The topological polar surface area (TPSA) is 65.1 Å². The molecule has 1 aliphatic heterocycles. The Hall–Kier alpha value is -3.07. The maximum Gasteiger partial charge on any atom is 0.416 e. The number of esters is 1. The number of halogens is 3. The fourth-order valence-electron chi connectivity index (χ4n) is 3.59. The molecule has 0 aromatic heterocycles. The fourth-order valence-corrected chi connectivity index (χ4v) is 3.59. The van der Waals surface area contributed by atoms with Crippen molar-refractivity contribution >= 4 is 11.9 Å². The number of hydrogen-bond donors (Lipinski definition) is 0. The van der Waals surface area contributed by atoms with Crippen LogP contribution in [0.4, 0.5) is 13.2 Å². The lowest BCUT2D eigenvalue weighted by Crippen LogP contribution is -2.72. The molecule has 0 saturated carbocycles. The van der Waals surface area contributed by atoms with Gasteiger partial charge in [0.25, 0.3) is 11.5 Å². The summed E-state index contributed by atoms with van der Waals surface area (Å²) in [6.07, 6.45) is -4.50. The molecule has 1 aliphatic rings. The van der Waals surface area contributed by atoms with Crippen LogP contribution in [-0.2, 0) is 31.8 Å². The van der Waals surface area contributed by atoms with Crippen molar-refractivity contribution in [1.29, 1.82) is 0 Å². The Morgan fingerprint density at radius 2 is 1.63 bits per heavy atom. The van der Waals surface area contributed by atoms with Gasteiger partial charge in [-0.3, -0.25) is 4.79 Å². The van der Waals surface area contributed by atoms with Gasteiger partial charge in [-0.1, -0.05) is 24.3 Å². The highest BCUT2D eigenvalue weighted by Crippen LogP contribution is 2.47. The normalized spacial score (nSPS) is 21.2. The van der Waals surface area contributed by atoms with Crippen molar-refractivity contribution in [3.05, 3.63) is 65.2 Å². The average molecular weight is 423 g/mol. The molecule has 0 aliphatic carbocycles. The SMILES string of the molecule is COC(=O)[C@@]1(OC)C(=O)N(Cc2ccc(OC)cc2)[C@H]1c1ccc(C(F)(F)F)cc1. The molecule has 160 valence electrons. The van der Waals surface area contributed by atoms with E-state index in [9.17, 15) is 22.8 Å². The van der Waals surface area contributed by atoms with E-state index in [0.717, 1.165) is 24.8 Å². The summed E-state index contributed by atoms with van der Waals surface area (Å²) in [6, 6.07) is 10.3. The van der Waals surface area contributed by atoms with Crippen LogP contribution in [0.15, 0.2) is 48.5 Å². The van der Waals surface area contributed by atoms with E-state index in [1.165, 1.54) is 31.3 Å². The monoisotopic (exact) mass is 423 g/mol. The lowest BCUT2D eigenvalue weighted by molar-refractivity contribution is -0.214. The second kappa shape index (κ2) is 7.98. The molecule has 0 unspecified atom stereocenters. The van der Waals surface area contributed by atoms with Gasteiger partial charge in [-0.2, -0.15) is 13.2 Å². The summed E-state index contributed by atoms with van der Waals surface area (Å²) in [5.74, 6) is -0.905. The van der Waals surface area contributed by atoms with E-state index in [1.807, 2.05) is 0 Å². The minimum atomic E-state index is -4.50. The average Bonchev–Trinajstić information content (AvgIpc) is 2.75. The van der Waals surface area contributed by atoms with Gasteiger partial charge in [-0.15, -0.1) is 0 Å². The van der Waals surface area contributed by atoms with Gasteiger partial charge in [-0.05, 0) is 35.4 Å². The molecule has 1 amide bonds. The van der Waals surface area contributed by atoms with Gasteiger partial charge in [0.2, 0.25) is 0 Å². The van der Waals surface area contributed by atoms with E-state index in [-0.39, 0.29) is 6.54 Å². The number of benzene rings is 2.